The number of rotatable bonds is 6. The number of aromatic hydroxyl groups is 1. The molecule has 0 atom stereocenters. The molecule has 1 amide bonds. The number of aromatic nitrogens is 3. The van der Waals surface area contributed by atoms with Crippen LogP contribution in [0.15, 0.2) is 99.0 Å². The lowest BCUT2D eigenvalue weighted by Gasteiger charge is -2.12. The van der Waals surface area contributed by atoms with Gasteiger partial charge < -0.3 is 10.4 Å². The second kappa shape index (κ2) is 10.2. The summed E-state index contributed by atoms with van der Waals surface area (Å²) >= 11 is 8.30. The molecule has 0 spiro atoms. The fourth-order valence-corrected chi connectivity index (χ4v) is 5.31. The van der Waals surface area contributed by atoms with Crippen LogP contribution in [0.5, 0.6) is 5.75 Å². The predicted octanol–water partition coefficient (Wildman–Crippen LogP) is 7.05. The summed E-state index contributed by atoms with van der Waals surface area (Å²) in [6, 6.07) is 26.5. The van der Waals surface area contributed by atoms with Crippen LogP contribution in [-0.4, -0.2) is 31.5 Å². The Bertz CT molecular complexity index is 1540. The number of hydrogen-bond acceptors (Lipinski definition) is 5. The largest absolute Gasteiger partial charge is 0.507 e. The smallest absolute Gasteiger partial charge is 0.234 e. The molecule has 2 N–H and O–H groups in total. The number of carbonyl (C=O) groups excluding carboxylic acids is 1. The third-order valence-electron chi connectivity index (χ3n) is 5.32. The first-order valence-electron chi connectivity index (χ1n) is 10.6. The second-order valence-electron chi connectivity index (χ2n) is 7.62. The van der Waals surface area contributed by atoms with E-state index in [0.717, 1.165) is 31.1 Å². The van der Waals surface area contributed by atoms with E-state index in [1.54, 1.807) is 18.2 Å². The molecule has 1 heterocycles. The molecule has 174 valence electrons. The van der Waals surface area contributed by atoms with E-state index in [1.165, 1.54) is 11.8 Å². The lowest BCUT2D eigenvalue weighted by Crippen LogP contribution is -2.15. The van der Waals surface area contributed by atoms with Crippen molar-refractivity contribution in [3.63, 3.8) is 0 Å². The van der Waals surface area contributed by atoms with Crippen molar-refractivity contribution >= 4 is 66.0 Å². The lowest BCUT2D eigenvalue weighted by molar-refractivity contribution is -0.113. The lowest BCUT2D eigenvalue weighted by atomic mass is 10.1. The molecule has 6 nitrogen and oxygen atoms in total. The summed E-state index contributed by atoms with van der Waals surface area (Å²) < 4.78 is 3.62. The van der Waals surface area contributed by atoms with Gasteiger partial charge in [0, 0.05) is 25.7 Å². The summed E-state index contributed by atoms with van der Waals surface area (Å²) in [5, 5.41) is 24.7. The maximum Gasteiger partial charge on any atom is 0.234 e. The van der Waals surface area contributed by atoms with Gasteiger partial charge in [0.05, 0.1) is 11.3 Å². The molecule has 9 heteroatoms. The summed E-state index contributed by atoms with van der Waals surface area (Å²) in [5.41, 5.74) is 2.11. The average molecular weight is 610 g/mol. The van der Waals surface area contributed by atoms with E-state index >= 15 is 0 Å². The number of amides is 1. The van der Waals surface area contributed by atoms with Crippen molar-refractivity contribution in [2.75, 3.05) is 11.1 Å². The van der Waals surface area contributed by atoms with Crippen molar-refractivity contribution in [1.82, 2.24) is 14.8 Å². The molecule has 0 unspecified atom stereocenters. The van der Waals surface area contributed by atoms with Crippen LogP contribution in [0.1, 0.15) is 0 Å². The van der Waals surface area contributed by atoms with Crippen LogP contribution < -0.4 is 5.32 Å². The number of halogens is 2. The monoisotopic (exact) mass is 608 g/mol. The number of hydrogen-bond donors (Lipinski definition) is 2. The number of para-hydroxylation sites is 1. The standard InChI is InChI=1S/C26H18Br2N4O2S/c27-16-10-13-23(33)20(14-16)25-30-31-26(32(25)17-6-2-1-3-7-17)35-15-24(34)29-22-12-11-21(28)18-8-4-5-9-19(18)22/h1-14,33H,15H2,(H,29,34). The molecule has 0 bridgehead atoms. The number of thioether (sulfide) groups is 1. The zero-order valence-electron chi connectivity index (χ0n) is 18.2. The van der Waals surface area contributed by atoms with Crippen LogP contribution in [0.3, 0.4) is 0 Å². The van der Waals surface area contributed by atoms with Gasteiger partial charge in [0.25, 0.3) is 0 Å². The fraction of sp³-hybridized carbons (Fsp3) is 0.0385. The Morgan fingerprint density at radius 2 is 1.66 bits per heavy atom. The molecule has 0 saturated carbocycles. The number of nitrogens with one attached hydrogen (secondary N) is 1. The van der Waals surface area contributed by atoms with Crippen LogP contribution in [0.25, 0.3) is 27.8 Å². The van der Waals surface area contributed by atoms with Crippen molar-refractivity contribution in [3.8, 4) is 22.8 Å². The third kappa shape index (κ3) is 4.98. The molecular formula is C26H18Br2N4O2S. The molecule has 0 radical (unpaired) electrons. The van der Waals surface area contributed by atoms with Gasteiger partial charge in [-0.1, -0.05) is 86.1 Å². The molecular weight excluding hydrogens is 592 g/mol. The highest BCUT2D eigenvalue weighted by Crippen LogP contribution is 2.35. The highest BCUT2D eigenvalue weighted by Gasteiger charge is 2.20. The van der Waals surface area contributed by atoms with Gasteiger partial charge in [0.1, 0.15) is 5.75 Å². The van der Waals surface area contributed by atoms with Crippen LogP contribution >= 0.6 is 43.6 Å². The summed E-state index contributed by atoms with van der Waals surface area (Å²) in [6.07, 6.45) is 0. The van der Waals surface area contributed by atoms with E-state index in [2.05, 4.69) is 47.4 Å². The fourth-order valence-electron chi connectivity index (χ4n) is 3.72. The van der Waals surface area contributed by atoms with Crippen LogP contribution in [0.4, 0.5) is 5.69 Å². The molecule has 4 aromatic carbocycles. The minimum atomic E-state index is -0.156. The summed E-state index contributed by atoms with van der Waals surface area (Å²) in [5.74, 6) is 0.558. The van der Waals surface area contributed by atoms with Crippen LogP contribution in [0, 0.1) is 0 Å². The molecule has 0 fully saturated rings. The SMILES string of the molecule is O=C(CSc1nnc(-c2cc(Br)ccc2O)n1-c1ccccc1)Nc1ccc(Br)c2ccccc12. The summed E-state index contributed by atoms with van der Waals surface area (Å²) in [4.78, 5) is 12.9. The number of nitrogens with zero attached hydrogens (tertiary/aromatic N) is 3. The Morgan fingerprint density at radius 1 is 0.914 bits per heavy atom. The van der Waals surface area contributed by atoms with E-state index in [9.17, 15) is 9.90 Å². The van der Waals surface area contributed by atoms with E-state index < -0.39 is 0 Å². The van der Waals surface area contributed by atoms with Crippen LogP contribution in [0.2, 0.25) is 0 Å². The minimum Gasteiger partial charge on any atom is -0.507 e. The molecule has 0 aliphatic rings. The van der Waals surface area contributed by atoms with Gasteiger partial charge in [-0.3, -0.25) is 9.36 Å². The molecule has 5 rings (SSSR count). The van der Waals surface area contributed by atoms with Crippen LogP contribution in [-0.2, 0) is 4.79 Å². The molecule has 0 saturated heterocycles. The van der Waals surface area contributed by atoms with Crippen molar-refractivity contribution < 1.29 is 9.90 Å². The number of benzene rings is 4. The second-order valence-corrected chi connectivity index (χ2v) is 10.3. The van der Waals surface area contributed by atoms with Crippen molar-refractivity contribution in [3.05, 3.63) is 93.9 Å². The maximum absolute atomic E-state index is 12.9. The van der Waals surface area contributed by atoms with E-state index in [0.29, 0.717) is 16.5 Å². The average Bonchev–Trinajstić information content (AvgIpc) is 3.30. The Hall–Kier alpha value is -3.14. The van der Waals surface area contributed by atoms with Gasteiger partial charge in [-0.15, -0.1) is 10.2 Å². The van der Waals surface area contributed by atoms with Gasteiger partial charge in [-0.25, -0.2) is 0 Å². The van der Waals surface area contributed by atoms with Gasteiger partial charge in [-0.05, 0) is 47.9 Å². The zero-order valence-corrected chi connectivity index (χ0v) is 22.1. The highest BCUT2D eigenvalue weighted by atomic mass is 79.9. The number of fused-ring (bicyclic) bond motifs is 1. The maximum atomic E-state index is 12.9. The van der Waals surface area contributed by atoms with Gasteiger partial charge >= 0.3 is 0 Å². The normalized spacial score (nSPS) is 11.0. The van der Waals surface area contributed by atoms with E-state index in [1.807, 2.05) is 71.3 Å². The Kier molecular flexibility index (Phi) is 6.90. The number of phenols is 1. The van der Waals surface area contributed by atoms with Crippen molar-refractivity contribution in [2.24, 2.45) is 0 Å². The first kappa shape index (κ1) is 23.6. The molecule has 35 heavy (non-hydrogen) atoms. The first-order chi connectivity index (χ1) is 17.0. The molecule has 0 aliphatic carbocycles. The predicted molar refractivity (Wildman–Crippen MR) is 147 cm³/mol. The number of anilines is 1. The quantitative estimate of drug-likeness (QED) is 0.202. The Balaban J connectivity index is 1.43. The van der Waals surface area contributed by atoms with Crippen molar-refractivity contribution in [1.29, 1.82) is 0 Å². The van der Waals surface area contributed by atoms with Gasteiger partial charge in [-0.2, -0.15) is 0 Å². The summed E-state index contributed by atoms with van der Waals surface area (Å²) in [6.45, 7) is 0. The summed E-state index contributed by atoms with van der Waals surface area (Å²) in [7, 11) is 0. The van der Waals surface area contributed by atoms with E-state index in [-0.39, 0.29) is 17.4 Å². The number of carbonyl (C=O) groups is 1. The van der Waals surface area contributed by atoms with Crippen molar-refractivity contribution in [2.45, 2.75) is 5.16 Å². The Morgan fingerprint density at radius 3 is 2.46 bits per heavy atom. The van der Waals surface area contributed by atoms with E-state index in [4.69, 9.17) is 0 Å². The van der Waals surface area contributed by atoms with Gasteiger partial charge in [0.2, 0.25) is 5.91 Å². The number of phenolic OH excluding ortho intramolecular Hbond substituents is 1. The molecule has 5 aromatic rings. The zero-order chi connectivity index (χ0) is 24.4. The molecule has 1 aromatic heterocycles. The highest BCUT2D eigenvalue weighted by molar-refractivity contribution is 9.11. The first-order valence-corrected chi connectivity index (χ1v) is 13.2. The Labute approximate surface area is 222 Å². The third-order valence-corrected chi connectivity index (χ3v) is 7.44. The van der Waals surface area contributed by atoms with Gasteiger partial charge in [0.15, 0.2) is 11.0 Å². The molecule has 0 aliphatic heterocycles. The minimum absolute atomic E-state index is 0.0918. The topological polar surface area (TPSA) is 80.0 Å².